The summed E-state index contributed by atoms with van der Waals surface area (Å²) in [6.07, 6.45) is -7.39. The molecule has 0 bridgehead atoms. The van der Waals surface area contributed by atoms with Gasteiger partial charge in [-0.2, -0.15) is 26.3 Å². The molecule has 0 aliphatic rings. The molecule has 2 nitrogen and oxygen atoms in total. The minimum absolute atomic E-state index is 0.0807. The first-order chi connectivity index (χ1) is 9.57. The second-order valence-electron chi connectivity index (χ2n) is 4.31. The predicted octanol–water partition coefficient (Wildman–Crippen LogP) is 4.49. The number of hydrogen-bond donors (Lipinski definition) is 0. The van der Waals surface area contributed by atoms with Crippen LogP contribution in [0, 0.1) is 6.92 Å². The van der Waals surface area contributed by atoms with E-state index >= 15 is 0 Å². The molecule has 1 aromatic heterocycles. The number of nitrogens with zero attached hydrogens (tertiary/aromatic N) is 2. The molecule has 0 unspecified atom stereocenters. The first kappa shape index (κ1) is 15.3. The molecule has 0 radical (unpaired) electrons. The van der Waals surface area contributed by atoms with Crippen molar-refractivity contribution in [1.29, 1.82) is 0 Å². The fourth-order valence-corrected chi connectivity index (χ4v) is 1.66. The average Bonchev–Trinajstić information content (AvgIpc) is 2.37. The monoisotopic (exact) mass is 306 g/mol. The van der Waals surface area contributed by atoms with Gasteiger partial charge in [-0.1, -0.05) is 0 Å². The maximum Gasteiger partial charge on any atom is 0.416 e. The molecule has 0 spiro atoms. The fourth-order valence-electron chi connectivity index (χ4n) is 1.66. The van der Waals surface area contributed by atoms with E-state index < -0.39 is 23.5 Å². The Bertz CT molecular complexity index is 611. The van der Waals surface area contributed by atoms with Crippen LogP contribution in [0.4, 0.5) is 26.3 Å². The van der Waals surface area contributed by atoms with Crippen LogP contribution in [-0.2, 0) is 12.4 Å². The van der Waals surface area contributed by atoms with Crippen molar-refractivity contribution in [2.45, 2.75) is 19.3 Å². The van der Waals surface area contributed by atoms with Crippen molar-refractivity contribution in [3.63, 3.8) is 0 Å². The van der Waals surface area contributed by atoms with Crippen LogP contribution in [0.5, 0.6) is 0 Å². The van der Waals surface area contributed by atoms with Gasteiger partial charge in [0.25, 0.3) is 0 Å². The molecule has 0 N–H and O–H groups in total. The van der Waals surface area contributed by atoms with E-state index in [0.29, 0.717) is 18.0 Å². The fraction of sp³-hybridized carbons (Fsp3) is 0.231. The lowest BCUT2D eigenvalue weighted by atomic mass is 10.0. The maximum atomic E-state index is 12.7. The number of benzene rings is 1. The summed E-state index contributed by atoms with van der Waals surface area (Å²) in [7, 11) is 0. The van der Waals surface area contributed by atoms with Gasteiger partial charge in [0.05, 0.1) is 11.1 Å². The summed E-state index contributed by atoms with van der Waals surface area (Å²) in [6.45, 7) is 1.55. The third-order valence-corrected chi connectivity index (χ3v) is 2.70. The zero-order valence-electron chi connectivity index (χ0n) is 10.5. The van der Waals surface area contributed by atoms with Crippen molar-refractivity contribution in [3.05, 3.63) is 47.5 Å². The topological polar surface area (TPSA) is 25.8 Å². The Hall–Kier alpha value is -2.12. The standard InChI is InChI=1S/C13H8F6N2/c1-7-20-5-9(6-21-7)8-2-10(12(14,15)16)4-11(3-8)13(17,18)19/h2-6H,1H3. The molecule has 21 heavy (non-hydrogen) atoms. The first-order valence-corrected chi connectivity index (χ1v) is 5.66. The van der Waals surface area contributed by atoms with Gasteiger partial charge in [-0.15, -0.1) is 0 Å². The third kappa shape index (κ3) is 3.50. The molecular formula is C13H8F6N2. The Kier molecular flexibility index (Phi) is 3.65. The molecule has 8 heteroatoms. The van der Waals surface area contributed by atoms with Gasteiger partial charge >= 0.3 is 12.4 Å². The summed E-state index contributed by atoms with van der Waals surface area (Å²) in [5.41, 5.74) is -2.89. The number of rotatable bonds is 1. The highest BCUT2D eigenvalue weighted by molar-refractivity contribution is 5.64. The van der Waals surface area contributed by atoms with Crippen molar-refractivity contribution in [1.82, 2.24) is 9.97 Å². The number of aryl methyl sites for hydroxylation is 1. The van der Waals surface area contributed by atoms with Gasteiger partial charge in [0.2, 0.25) is 0 Å². The van der Waals surface area contributed by atoms with E-state index in [1.807, 2.05) is 0 Å². The minimum Gasteiger partial charge on any atom is -0.241 e. The lowest BCUT2D eigenvalue weighted by Gasteiger charge is -2.14. The van der Waals surface area contributed by atoms with Gasteiger partial charge in [-0.25, -0.2) is 9.97 Å². The highest BCUT2D eigenvalue weighted by Crippen LogP contribution is 2.38. The van der Waals surface area contributed by atoms with E-state index in [2.05, 4.69) is 9.97 Å². The van der Waals surface area contributed by atoms with Crippen LogP contribution in [0.25, 0.3) is 11.1 Å². The molecule has 1 heterocycles. The molecule has 0 amide bonds. The second kappa shape index (κ2) is 5.01. The van der Waals surface area contributed by atoms with E-state index in [1.165, 1.54) is 12.4 Å². The van der Waals surface area contributed by atoms with Crippen molar-refractivity contribution >= 4 is 0 Å². The van der Waals surface area contributed by atoms with Crippen LogP contribution in [0.2, 0.25) is 0 Å². The molecular weight excluding hydrogens is 298 g/mol. The van der Waals surface area contributed by atoms with Gasteiger partial charge in [-0.05, 0) is 30.7 Å². The zero-order valence-corrected chi connectivity index (χ0v) is 10.5. The lowest BCUT2D eigenvalue weighted by molar-refractivity contribution is -0.143. The number of aromatic nitrogens is 2. The maximum absolute atomic E-state index is 12.7. The Morgan fingerprint density at radius 3 is 1.52 bits per heavy atom. The van der Waals surface area contributed by atoms with Crippen LogP contribution in [0.1, 0.15) is 17.0 Å². The third-order valence-electron chi connectivity index (χ3n) is 2.70. The van der Waals surface area contributed by atoms with Gasteiger partial charge in [-0.3, -0.25) is 0 Å². The Morgan fingerprint density at radius 2 is 1.14 bits per heavy atom. The molecule has 0 aliphatic heterocycles. The predicted molar refractivity (Wildman–Crippen MR) is 62.2 cm³/mol. The van der Waals surface area contributed by atoms with E-state index in [9.17, 15) is 26.3 Å². The molecule has 2 rings (SSSR count). The Morgan fingerprint density at radius 1 is 0.714 bits per heavy atom. The van der Waals surface area contributed by atoms with Crippen molar-refractivity contribution in [3.8, 4) is 11.1 Å². The highest BCUT2D eigenvalue weighted by atomic mass is 19.4. The Labute approximate surface area is 115 Å². The molecule has 1 aromatic carbocycles. The second-order valence-corrected chi connectivity index (χ2v) is 4.31. The van der Waals surface area contributed by atoms with Gasteiger partial charge in [0.1, 0.15) is 5.82 Å². The van der Waals surface area contributed by atoms with Crippen LogP contribution < -0.4 is 0 Å². The minimum atomic E-state index is -4.87. The molecule has 112 valence electrons. The summed E-state index contributed by atoms with van der Waals surface area (Å²) in [5.74, 6) is 0.363. The summed E-state index contributed by atoms with van der Waals surface area (Å²) < 4.78 is 76.3. The van der Waals surface area contributed by atoms with Gasteiger partial charge < -0.3 is 0 Å². The van der Waals surface area contributed by atoms with Crippen LogP contribution in [-0.4, -0.2) is 9.97 Å². The lowest BCUT2D eigenvalue weighted by Crippen LogP contribution is -2.11. The molecule has 2 aromatic rings. The summed E-state index contributed by atoms with van der Waals surface area (Å²) in [4.78, 5) is 7.53. The number of hydrogen-bond acceptors (Lipinski definition) is 2. The van der Waals surface area contributed by atoms with Gasteiger partial charge in [0.15, 0.2) is 0 Å². The van der Waals surface area contributed by atoms with E-state index in [1.54, 1.807) is 6.92 Å². The van der Waals surface area contributed by atoms with Crippen LogP contribution in [0.15, 0.2) is 30.6 Å². The molecule has 0 saturated heterocycles. The molecule has 0 aliphatic carbocycles. The molecule has 0 atom stereocenters. The highest BCUT2D eigenvalue weighted by Gasteiger charge is 2.37. The van der Waals surface area contributed by atoms with E-state index in [0.717, 1.165) is 0 Å². The average molecular weight is 306 g/mol. The smallest absolute Gasteiger partial charge is 0.241 e. The Balaban J connectivity index is 2.63. The first-order valence-electron chi connectivity index (χ1n) is 5.66. The summed E-state index contributed by atoms with van der Waals surface area (Å²) in [6, 6.07) is 1.37. The largest absolute Gasteiger partial charge is 0.416 e. The summed E-state index contributed by atoms with van der Waals surface area (Å²) >= 11 is 0. The van der Waals surface area contributed by atoms with Crippen molar-refractivity contribution in [2.24, 2.45) is 0 Å². The number of alkyl halides is 6. The van der Waals surface area contributed by atoms with Crippen molar-refractivity contribution in [2.75, 3.05) is 0 Å². The summed E-state index contributed by atoms with van der Waals surface area (Å²) in [5, 5.41) is 0. The SMILES string of the molecule is Cc1ncc(-c2cc(C(F)(F)F)cc(C(F)(F)F)c2)cn1. The normalized spacial score (nSPS) is 12.5. The van der Waals surface area contributed by atoms with Crippen LogP contribution >= 0.6 is 0 Å². The molecule has 0 saturated carbocycles. The zero-order chi connectivity index (χ0) is 15.8. The quantitative estimate of drug-likeness (QED) is 0.725. The van der Waals surface area contributed by atoms with E-state index in [-0.39, 0.29) is 17.2 Å². The van der Waals surface area contributed by atoms with E-state index in [4.69, 9.17) is 0 Å². The van der Waals surface area contributed by atoms with Gasteiger partial charge in [0, 0.05) is 18.0 Å². The van der Waals surface area contributed by atoms with Crippen molar-refractivity contribution < 1.29 is 26.3 Å². The number of halogens is 6. The molecule has 0 fully saturated rings. The van der Waals surface area contributed by atoms with Crippen LogP contribution in [0.3, 0.4) is 0 Å².